The van der Waals surface area contributed by atoms with Crippen molar-refractivity contribution in [1.82, 2.24) is 9.88 Å². The van der Waals surface area contributed by atoms with Crippen LogP contribution in [0, 0.1) is 5.82 Å². The molecule has 2 aliphatic rings. The molecule has 3 aromatic rings. The van der Waals surface area contributed by atoms with E-state index in [2.05, 4.69) is 4.98 Å². The fourth-order valence-electron chi connectivity index (χ4n) is 4.63. The third-order valence-electron chi connectivity index (χ3n) is 6.34. The molecule has 0 spiro atoms. The zero-order chi connectivity index (χ0) is 24.2. The highest BCUT2D eigenvalue weighted by molar-refractivity contribution is 5.99. The molecule has 1 fully saturated rings. The van der Waals surface area contributed by atoms with Gasteiger partial charge in [0.1, 0.15) is 11.6 Å². The average molecular weight is 475 g/mol. The van der Waals surface area contributed by atoms with E-state index in [1.807, 2.05) is 0 Å². The molecule has 0 bridgehead atoms. The molecule has 34 heavy (non-hydrogen) atoms. The monoisotopic (exact) mass is 475 g/mol. The number of benzene rings is 2. The van der Waals surface area contributed by atoms with E-state index < -0.39 is 29.6 Å². The SMILES string of the molecule is C[C@@H]1COC[C@H](c2ccc(C(F)(F)F)cc2F)N1C(=O)c1ccc2nc(N)c3c(c2c1)COC3. The van der Waals surface area contributed by atoms with Gasteiger partial charge in [-0.3, -0.25) is 4.79 Å². The highest BCUT2D eigenvalue weighted by atomic mass is 19.4. The molecule has 5 rings (SSSR count). The van der Waals surface area contributed by atoms with Crippen LogP contribution in [0.5, 0.6) is 0 Å². The predicted molar refractivity (Wildman–Crippen MR) is 115 cm³/mol. The Labute approximate surface area is 192 Å². The largest absolute Gasteiger partial charge is 0.416 e. The standard InChI is InChI=1S/C24H21F4N3O3/c1-12-8-33-11-21(15-4-3-14(7-19(15)25)24(26,27)28)31(12)23(32)13-2-5-20-16(6-13)17-9-34-10-18(17)22(29)30-20/h2-7,12,21H,8-11H2,1H3,(H2,29,30)/t12-,21-/m1/s1. The molecule has 1 aromatic heterocycles. The number of ether oxygens (including phenoxy) is 2. The second-order valence-electron chi connectivity index (χ2n) is 8.53. The number of halogens is 4. The molecule has 10 heteroatoms. The van der Waals surface area contributed by atoms with Crippen molar-refractivity contribution in [3.63, 3.8) is 0 Å². The minimum absolute atomic E-state index is 0.0302. The first kappa shape index (κ1) is 22.5. The number of anilines is 1. The summed E-state index contributed by atoms with van der Waals surface area (Å²) >= 11 is 0. The van der Waals surface area contributed by atoms with E-state index in [1.165, 1.54) is 4.90 Å². The Morgan fingerprint density at radius 2 is 1.85 bits per heavy atom. The van der Waals surface area contributed by atoms with Gasteiger partial charge in [0.15, 0.2) is 0 Å². The molecular formula is C24H21F4N3O3. The van der Waals surface area contributed by atoms with Crippen LogP contribution in [0.15, 0.2) is 36.4 Å². The van der Waals surface area contributed by atoms with Crippen LogP contribution in [0.2, 0.25) is 0 Å². The van der Waals surface area contributed by atoms with Crippen molar-refractivity contribution in [2.24, 2.45) is 0 Å². The normalized spacial score (nSPS) is 20.6. The van der Waals surface area contributed by atoms with Crippen molar-refractivity contribution in [2.75, 3.05) is 18.9 Å². The Balaban J connectivity index is 1.54. The maximum Gasteiger partial charge on any atom is 0.416 e. The lowest BCUT2D eigenvalue weighted by Crippen LogP contribution is -2.49. The molecule has 0 saturated carbocycles. The zero-order valence-corrected chi connectivity index (χ0v) is 18.2. The third-order valence-corrected chi connectivity index (χ3v) is 6.34. The summed E-state index contributed by atoms with van der Waals surface area (Å²) in [6.45, 7) is 2.63. The fourth-order valence-corrected chi connectivity index (χ4v) is 4.63. The van der Waals surface area contributed by atoms with Gasteiger partial charge >= 0.3 is 6.18 Å². The summed E-state index contributed by atoms with van der Waals surface area (Å²) in [4.78, 5) is 19.5. The van der Waals surface area contributed by atoms with Gasteiger partial charge in [-0.15, -0.1) is 0 Å². The number of nitrogens with zero attached hydrogens (tertiary/aromatic N) is 2. The molecule has 3 heterocycles. The van der Waals surface area contributed by atoms with E-state index in [0.717, 1.165) is 28.6 Å². The van der Waals surface area contributed by atoms with Crippen molar-refractivity contribution >= 4 is 22.6 Å². The number of nitrogens with two attached hydrogens (primary N) is 1. The van der Waals surface area contributed by atoms with Gasteiger partial charge in [-0.2, -0.15) is 13.2 Å². The smallest absolute Gasteiger partial charge is 0.383 e. The number of rotatable bonds is 2. The predicted octanol–water partition coefficient (Wildman–Crippen LogP) is 4.61. The number of carbonyl (C=O) groups excluding carboxylic acids is 1. The van der Waals surface area contributed by atoms with E-state index in [1.54, 1.807) is 25.1 Å². The highest BCUT2D eigenvalue weighted by Gasteiger charge is 2.37. The van der Waals surface area contributed by atoms with Gasteiger partial charge < -0.3 is 20.1 Å². The first-order chi connectivity index (χ1) is 16.1. The Hall–Kier alpha value is -3.24. The highest BCUT2D eigenvalue weighted by Crippen LogP contribution is 2.36. The first-order valence-corrected chi connectivity index (χ1v) is 10.7. The van der Waals surface area contributed by atoms with Crippen molar-refractivity contribution in [2.45, 2.75) is 38.4 Å². The zero-order valence-electron chi connectivity index (χ0n) is 18.2. The van der Waals surface area contributed by atoms with Crippen molar-refractivity contribution in [3.05, 3.63) is 70.0 Å². The van der Waals surface area contributed by atoms with Gasteiger partial charge in [-0.1, -0.05) is 6.07 Å². The van der Waals surface area contributed by atoms with Crippen LogP contribution in [-0.2, 0) is 28.9 Å². The second kappa shape index (κ2) is 8.21. The van der Waals surface area contributed by atoms with Crippen molar-refractivity contribution in [1.29, 1.82) is 0 Å². The van der Waals surface area contributed by atoms with Gasteiger partial charge in [0.05, 0.1) is 49.6 Å². The Morgan fingerprint density at radius 1 is 1.09 bits per heavy atom. The van der Waals surface area contributed by atoms with Gasteiger partial charge in [0.2, 0.25) is 0 Å². The summed E-state index contributed by atoms with van der Waals surface area (Å²) in [5, 5.41) is 0.741. The molecule has 0 unspecified atom stereocenters. The number of nitrogen functional groups attached to an aromatic ring is 1. The number of amides is 1. The number of hydrogen-bond acceptors (Lipinski definition) is 5. The lowest BCUT2D eigenvalue weighted by Gasteiger charge is -2.41. The van der Waals surface area contributed by atoms with Crippen LogP contribution in [0.1, 0.15) is 45.6 Å². The lowest BCUT2D eigenvalue weighted by molar-refractivity contribution is -0.137. The van der Waals surface area contributed by atoms with E-state index >= 15 is 0 Å². The number of carbonyl (C=O) groups is 1. The number of alkyl halides is 3. The molecule has 2 atom stereocenters. The Bertz CT molecular complexity index is 1290. The molecular weight excluding hydrogens is 454 g/mol. The number of fused-ring (bicyclic) bond motifs is 3. The topological polar surface area (TPSA) is 77.7 Å². The summed E-state index contributed by atoms with van der Waals surface area (Å²) in [5.74, 6) is -1.03. The van der Waals surface area contributed by atoms with E-state index in [4.69, 9.17) is 15.2 Å². The number of aromatic nitrogens is 1. The van der Waals surface area contributed by atoms with Crippen LogP contribution >= 0.6 is 0 Å². The summed E-state index contributed by atoms with van der Waals surface area (Å²) in [5.41, 5.74) is 7.54. The van der Waals surface area contributed by atoms with Crippen LogP contribution in [0.25, 0.3) is 10.9 Å². The van der Waals surface area contributed by atoms with Gasteiger partial charge in [0, 0.05) is 22.1 Å². The summed E-state index contributed by atoms with van der Waals surface area (Å²) in [6, 6.07) is 6.04. The van der Waals surface area contributed by atoms with Crippen molar-refractivity contribution < 1.29 is 31.8 Å². The van der Waals surface area contributed by atoms with Crippen molar-refractivity contribution in [3.8, 4) is 0 Å². The molecule has 2 aliphatic heterocycles. The molecule has 0 radical (unpaired) electrons. The molecule has 178 valence electrons. The van der Waals surface area contributed by atoms with Crippen LogP contribution in [-0.4, -0.2) is 35.0 Å². The average Bonchev–Trinajstić information content (AvgIpc) is 3.29. The molecule has 6 nitrogen and oxygen atoms in total. The lowest BCUT2D eigenvalue weighted by atomic mass is 9.97. The summed E-state index contributed by atoms with van der Waals surface area (Å²) < 4.78 is 64.8. The molecule has 1 saturated heterocycles. The van der Waals surface area contributed by atoms with Gasteiger partial charge in [0.25, 0.3) is 5.91 Å². The molecule has 0 aliphatic carbocycles. The Kier molecular flexibility index (Phi) is 5.44. The van der Waals surface area contributed by atoms with E-state index in [-0.39, 0.29) is 24.7 Å². The number of morpholine rings is 1. The van der Waals surface area contributed by atoms with Crippen LogP contribution < -0.4 is 5.73 Å². The third kappa shape index (κ3) is 3.76. The minimum Gasteiger partial charge on any atom is -0.383 e. The maximum atomic E-state index is 14.8. The summed E-state index contributed by atoms with van der Waals surface area (Å²) in [6.07, 6.45) is -4.67. The number of pyridine rings is 1. The first-order valence-electron chi connectivity index (χ1n) is 10.7. The van der Waals surface area contributed by atoms with E-state index in [0.29, 0.717) is 36.2 Å². The van der Waals surface area contributed by atoms with Crippen LogP contribution in [0.4, 0.5) is 23.4 Å². The summed E-state index contributed by atoms with van der Waals surface area (Å²) in [7, 11) is 0. The van der Waals surface area contributed by atoms with E-state index in [9.17, 15) is 22.4 Å². The number of hydrogen-bond donors (Lipinski definition) is 1. The van der Waals surface area contributed by atoms with Gasteiger partial charge in [-0.25, -0.2) is 9.37 Å². The molecule has 2 N–H and O–H groups in total. The fraction of sp³-hybridized carbons (Fsp3) is 0.333. The maximum absolute atomic E-state index is 14.8. The van der Waals surface area contributed by atoms with Crippen LogP contribution in [0.3, 0.4) is 0 Å². The molecule has 1 amide bonds. The van der Waals surface area contributed by atoms with Gasteiger partial charge in [-0.05, 0) is 42.8 Å². The second-order valence-corrected chi connectivity index (χ2v) is 8.53. The molecule has 2 aromatic carbocycles. The Morgan fingerprint density at radius 3 is 2.59 bits per heavy atom. The minimum atomic E-state index is -4.67. The quantitative estimate of drug-likeness (QED) is 0.548.